The monoisotopic (exact) mass is 287 g/mol. The second-order valence-corrected chi connectivity index (χ2v) is 4.59. The van der Waals surface area contributed by atoms with E-state index in [2.05, 4.69) is 22.2 Å². The molecule has 0 radical (unpaired) electrons. The number of nitrogens with one attached hydrogen (secondary N) is 1. The summed E-state index contributed by atoms with van der Waals surface area (Å²) in [7, 11) is 3.32. The summed E-state index contributed by atoms with van der Waals surface area (Å²) < 4.78 is 11.0. The average Bonchev–Trinajstić information content (AvgIpc) is 2.56. The van der Waals surface area contributed by atoms with Gasteiger partial charge in [-0.2, -0.15) is 0 Å². The third kappa shape index (κ3) is 3.49. The number of ether oxygens (including phenoxy) is 2. The summed E-state index contributed by atoms with van der Waals surface area (Å²) in [5.41, 5.74) is 1.78. The van der Waals surface area contributed by atoms with Gasteiger partial charge in [-0.15, -0.1) is 0 Å². The smallest absolute Gasteiger partial charge is 0.127 e. The van der Waals surface area contributed by atoms with E-state index >= 15 is 0 Å². The molecule has 0 aliphatic rings. The van der Waals surface area contributed by atoms with Crippen LogP contribution >= 0.6 is 0 Å². The van der Waals surface area contributed by atoms with E-state index in [4.69, 9.17) is 9.47 Å². The quantitative estimate of drug-likeness (QED) is 0.848. The van der Waals surface area contributed by atoms with E-state index in [1.807, 2.05) is 18.2 Å². The molecule has 0 spiro atoms. The van der Waals surface area contributed by atoms with Gasteiger partial charge in [0.15, 0.2) is 0 Å². The lowest BCUT2D eigenvalue weighted by molar-refractivity contribution is 0.375. The summed E-state index contributed by atoms with van der Waals surface area (Å²) in [5, 5.41) is 3.49. The minimum Gasteiger partial charge on any atom is -0.496 e. The largest absolute Gasteiger partial charge is 0.496 e. The zero-order valence-corrected chi connectivity index (χ0v) is 12.7. The molecule has 0 aliphatic heterocycles. The summed E-state index contributed by atoms with van der Waals surface area (Å²) in [4.78, 5) is 8.59. The molecule has 0 amide bonds. The van der Waals surface area contributed by atoms with Gasteiger partial charge in [-0.3, -0.25) is 9.97 Å². The summed E-state index contributed by atoms with van der Waals surface area (Å²) in [6, 6.07) is 5.64. The van der Waals surface area contributed by atoms with Crippen molar-refractivity contribution < 1.29 is 9.47 Å². The van der Waals surface area contributed by atoms with Crippen LogP contribution in [0.25, 0.3) is 0 Å². The van der Waals surface area contributed by atoms with Crippen LogP contribution in [0.1, 0.15) is 30.6 Å². The van der Waals surface area contributed by atoms with Crippen molar-refractivity contribution in [2.24, 2.45) is 0 Å². The second kappa shape index (κ2) is 7.59. The van der Waals surface area contributed by atoms with Crippen LogP contribution in [0.3, 0.4) is 0 Å². The van der Waals surface area contributed by atoms with Crippen molar-refractivity contribution in [3.63, 3.8) is 0 Å². The maximum absolute atomic E-state index is 5.50. The molecule has 2 aromatic rings. The van der Waals surface area contributed by atoms with E-state index in [0.29, 0.717) is 0 Å². The Bertz CT molecular complexity index is 538. The van der Waals surface area contributed by atoms with Gasteiger partial charge in [0.25, 0.3) is 0 Å². The molecule has 0 fully saturated rings. The molecule has 112 valence electrons. The molecule has 2 rings (SSSR count). The Hall–Kier alpha value is -2.14. The number of rotatable bonds is 7. The van der Waals surface area contributed by atoms with E-state index in [0.717, 1.165) is 35.7 Å². The van der Waals surface area contributed by atoms with Crippen LogP contribution in [0.15, 0.2) is 36.8 Å². The first kappa shape index (κ1) is 15.3. The molecule has 1 heterocycles. The van der Waals surface area contributed by atoms with E-state index in [9.17, 15) is 0 Å². The number of benzene rings is 1. The lowest BCUT2D eigenvalue weighted by Crippen LogP contribution is -2.25. The molecule has 1 atom stereocenters. The van der Waals surface area contributed by atoms with Crippen molar-refractivity contribution in [1.82, 2.24) is 15.3 Å². The maximum Gasteiger partial charge on any atom is 0.127 e. The molecule has 1 N–H and O–H groups in total. The van der Waals surface area contributed by atoms with Gasteiger partial charge in [-0.1, -0.05) is 13.0 Å². The second-order valence-electron chi connectivity index (χ2n) is 4.59. The molecule has 0 aliphatic carbocycles. The predicted octanol–water partition coefficient (Wildman–Crippen LogP) is 2.58. The van der Waals surface area contributed by atoms with Crippen molar-refractivity contribution >= 4 is 0 Å². The topological polar surface area (TPSA) is 56.3 Å². The lowest BCUT2D eigenvalue weighted by atomic mass is 10.0. The van der Waals surface area contributed by atoms with Crippen LogP contribution < -0.4 is 14.8 Å². The average molecular weight is 287 g/mol. The SMILES string of the molecule is CCCNC(c1cnccn1)c1c(OC)cccc1OC. The highest BCUT2D eigenvalue weighted by molar-refractivity contribution is 5.49. The Morgan fingerprint density at radius 1 is 1.14 bits per heavy atom. The van der Waals surface area contributed by atoms with Crippen LogP contribution in [0.2, 0.25) is 0 Å². The summed E-state index contributed by atoms with van der Waals surface area (Å²) in [5.74, 6) is 1.54. The van der Waals surface area contributed by atoms with Crippen molar-refractivity contribution in [3.05, 3.63) is 48.0 Å². The molecule has 1 aromatic heterocycles. The molecule has 21 heavy (non-hydrogen) atoms. The fourth-order valence-electron chi connectivity index (χ4n) is 2.27. The van der Waals surface area contributed by atoms with Crippen LogP contribution in [0, 0.1) is 0 Å². The fourth-order valence-corrected chi connectivity index (χ4v) is 2.27. The molecule has 0 bridgehead atoms. The normalized spacial score (nSPS) is 12.0. The molecule has 1 aromatic carbocycles. The molecule has 0 saturated heterocycles. The number of methoxy groups -OCH3 is 2. The Morgan fingerprint density at radius 3 is 2.38 bits per heavy atom. The summed E-state index contributed by atoms with van der Waals surface area (Å²) in [6.45, 7) is 2.99. The molecular weight excluding hydrogens is 266 g/mol. The summed E-state index contributed by atoms with van der Waals surface area (Å²) in [6.07, 6.45) is 6.14. The highest BCUT2D eigenvalue weighted by Crippen LogP contribution is 2.36. The minimum absolute atomic E-state index is 0.121. The number of hydrogen-bond donors (Lipinski definition) is 1. The van der Waals surface area contributed by atoms with E-state index in [-0.39, 0.29) is 6.04 Å². The van der Waals surface area contributed by atoms with Gasteiger partial charge < -0.3 is 14.8 Å². The van der Waals surface area contributed by atoms with E-state index < -0.39 is 0 Å². The number of hydrogen-bond acceptors (Lipinski definition) is 5. The van der Waals surface area contributed by atoms with Crippen LogP contribution in [0.5, 0.6) is 11.5 Å². The Kier molecular flexibility index (Phi) is 5.51. The van der Waals surface area contributed by atoms with E-state index in [1.54, 1.807) is 32.8 Å². The summed E-state index contributed by atoms with van der Waals surface area (Å²) >= 11 is 0. The zero-order valence-electron chi connectivity index (χ0n) is 12.7. The molecule has 1 unspecified atom stereocenters. The van der Waals surface area contributed by atoms with Crippen molar-refractivity contribution in [2.45, 2.75) is 19.4 Å². The van der Waals surface area contributed by atoms with Gasteiger partial charge in [-0.05, 0) is 25.1 Å². The zero-order chi connectivity index (χ0) is 15.1. The van der Waals surface area contributed by atoms with Crippen molar-refractivity contribution in [3.8, 4) is 11.5 Å². The van der Waals surface area contributed by atoms with Gasteiger partial charge in [0.2, 0.25) is 0 Å². The highest BCUT2D eigenvalue weighted by Gasteiger charge is 2.23. The van der Waals surface area contributed by atoms with Crippen molar-refractivity contribution in [1.29, 1.82) is 0 Å². The molecule has 5 nitrogen and oxygen atoms in total. The van der Waals surface area contributed by atoms with Gasteiger partial charge in [0.05, 0.1) is 37.7 Å². The first-order chi connectivity index (χ1) is 10.3. The van der Waals surface area contributed by atoms with Gasteiger partial charge in [0.1, 0.15) is 11.5 Å². The Labute approximate surface area is 125 Å². The predicted molar refractivity (Wildman–Crippen MR) is 81.7 cm³/mol. The minimum atomic E-state index is -0.121. The maximum atomic E-state index is 5.50. The van der Waals surface area contributed by atoms with Crippen molar-refractivity contribution in [2.75, 3.05) is 20.8 Å². The lowest BCUT2D eigenvalue weighted by Gasteiger charge is -2.22. The van der Waals surface area contributed by atoms with Crippen LogP contribution in [-0.4, -0.2) is 30.7 Å². The standard InChI is InChI=1S/C16H21N3O2/c1-4-8-19-16(12-11-17-9-10-18-12)15-13(20-2)6-5-7-14(15)21-3/h5-7,9-11,16,19H,4,8H2,1-3H3. The highest BCUT2D eigenvalue weighted by atomic mass is 16.5. The first-order valence-electron chi connectivity index (χ1n) is 7.02. The van der Waals surface area contributed by atoms with Gasteiger partial charge in [-0.25, -0.2) is 0 Å². The first-order valence-corrected chi connectivity index (χ1v) is 7.02. The Balaban J connectivity index is 2.50. The van der Waals surface area contributed by atoms with Crippen LogP contribution in [-0.2, 0) is 0 Å². The van der Waals surface area contributed by atoms with Crippen LogP contribution in [0.4, 0.5) is 0 Å². The number of nitrogens with zero attached hydrogens (tertiary/aromatic N) is 2. The number of aromatic nitrogens is 2. The molecular formula is C16H21N3O2. The third-order valence-corrected chi connectivity index (χ3v) is 3.23. The fraction of sp³-hybridized carbons (Fsp3) is 0.375. The molecule has 5 heteroatoms. The third-order valence-electron chi connectivity index (χ3n) is 3.23. The van der Waals surface area contributed by atoms with Gasteiger partial charge >= 0.3 is 0 Å². The Morgan fingerprint density at radius 2 is 1.86 bits per heavy atom. The van der Waals surface area contributed by atoms with Gasteiger partial charge in [0, 0.05) is 12.4 Å². The van der Waals surface area contributed by atoms with E-state index in [1.165, 1.54) is 0 Å². The molecule has 0 saturated carbocycles.